The van der Waals surface area contributed by atoms with Gasteiger partial charge >= 0.3 is 12.2 Å². The van der Waals surface area contributed by atoms with E-state index in [2.05, 4.69) is 71.3 Å². The number of benzene rings is 4. The van der Waals surface area contributed by atoms with Crippen molar-refractivity contribution in [2.75, 3.05) is 23.7 Å². The lowest BCUT2D eigenvalue weighted by atomic mass is 9.87. The Morgan fingerprint density at radius 3 is 1.28 bits per heavy atom. The lowest BCUT2D eigenvalue weighted by Crippen LogP contribution is -2.45. The molecule has 0 radical (unpaired) electrons. The van der Waals surface area contributed by atoms with Crippen molar-refractivity contribution in [3.8, 4) is 22.3 Å². The van der Waals surface area contributed by atoms with Gasteiger partial charge in [0, 0.05) is 24.5 Å². The van der Waals surface area contributed by atoms with E-state index >= 15 is 0 Å². The summed E-state index contributed by atoms with van der Waals surface area (Å²) in [5, 5.41) is 6.06. The Kier molecular flexibility index (Phi) is 11.7. The molecule has 4 aromatic carbocycles. The third kappa shape index (κ3) is 9.72. The summed E-state index contributed by atoms with van der Waals surface area (Å²) in [6, 6.07) is 28.5. The molecule has 2 aliphatic heterocycles. The van der Waals surface area contributed by atoms with Crippen LogP contribution in [0, 0.1) is 0 Å². The highest BCUT2D eigenvalue weighted by Gasteiger charge is 2.38. The van der Waals surface area contributed by atoms with Crippen LogP contribution in [0.3, 0.4) is 0 Å². The zero-order chi connectivity index (χ0) is 41.2. The number of ether oxygens (including phenoxy) is 2. The van der Waals surface area contributed by atoms with Crippen LogP contribution in [0.4, 0.5) is 21.0 Å². The second kappa shape index (κ2) is 16.7. The van der Waals surface area contributed by atoms with Crippen LogP contribution in [0.15, 0.2) is 84.9 Å². The highest BCUT2D eigenvalue weighted by molar-refractivity contribution is 5.98. The van der Waals surface area contributed by atoms with Crippen LogP contribution in [0.1, 0.15) is 89.5 Å². The lowest BCUT2D eigenvalue weighted by Gasteiger charge is -2.28. The molecule has 4 aromatic rings. The van der Waals surface area contributed by atoms with E-state index in [0.717, 1.165) is 49.7 Å². The Bertz CT molecular complexity index is 2010. The molecule has 0 aromatic heterocycles. The molecule has 10 heteroatoms. The molecule has 304 valence electrons. The van der Waals surface area contributed by atoms with Crippen molar-refractivity contribution in [3.63, 3.8) is 0 Å². The molecule has 2 N–H and O–H groups in total. The minimum Gasteiger partial charge on any atom is -0.444 e. The summed E-state index contributed by atoms with van der Waals surface area (Å²) in [6.07, 6.45) is 5.29. The van der Waals surface area contributed by atoms with Crippen molar-refractivity contribution in [1.82, 2.24) is 9.80 Å². The molecule has 0 spiro atoms. The number of rotatable bonds is 6. The SMILES string of the molecule is CC(C)(C)OC(=O)N1CCC[C@H]1C(=O)Nc1ccc(-c2cc3ccc2CCc2ccc(c(-c4ccc(NC(=O)[C@@H]5CCCN5C(=O)OC(C)(C)C)cc4)c2)CC3)cc1. The quantitative estimate of drug-likeness (QED) is 0.201. The third-order valence-electron chi connectivity index (χ3n) is 11.0. The van der Waals surface area contributed by atoms with E-state index in [9.17, 15) is 19.2 Å². The Morgan fingerprint density at radius 1 is 0.534 bits per heavy atom. The molecule has 58 heavy (non-hydrogen) atoms. The van der Waals surface area contributed by atoms with E-state index in [-0.39, 0.29) is 11.8 Å². The number of carbonyl (C=O) groups is 4. The average molecular weight is 785 g/mol. The largest absolute Gasteiger partial charge is 0.444 e. The van der Waals surface area contributed by atoms with Gasteiger partial charge in [0.2, 0.25) is 11.8 Å². The summed E-state index contributed by atoms with van der Waals surface area (Å²) in [4.78, 5) is 55.2. The highest BCUT2D eigenvalue weighted by atomic mass is 16.6. The molecule has 0 unspecified atom stereocenters. The molecule has 2 fully saturated rings. The normalized spacial score (nSPS) is 18.0. The van der Waals surface area contributed by atoms with E-state index in [4.69, 9.17) is 9.47 Å². The highest BCUT2D eigenvalue weighted by Crippen LogP contribution is 2.33. The van der Waals surface area contributed by atoms with Gasteiger partial charge in [-0.2, -0.15) is 0 Å². The third-order valence-corrected chi connectivity index (χ3v) is 11.0. The van der Waals surface area contributed by atoms with Crippen LogP contribution in [0.5, 0.6) is 0 Å². The van der Waals surface area contributed by atoms with Gasteiger partial charge in [0.05, 0.1) is 0 Å². The lowest BCUT2D eigenvalue weighted by molar-refractivity contribution is -0.121. The number of aryl methyl sites for hydroxylation is 4. The maximum Gasteiger partial charge on any atom is 0.410 e. The van der Waals surface area contributed by atoms with Gasteiger partial charge in [-0.1, -0.05) is 60.7 Å². The number of anilines is 2. The summed E-state index contributed by atoms with van der Waals surface area (Å²) in [5.41, 5.74) is 9.74. The number of hydrogen-bond donors (Lipinski definition) is 2. The van der Waals surface area contributed by atoms with E-state index in [1.165, 1.54) is 43.2 Å². The number of hydrogen-bond acceptors (Lipinski definition) is 6. The molecule has 2 heterocycles. The summed E-state index contributed by atoms with van der Waals surface area (Å²) in [7, 11) is 0. The van der Waals surface area contributed by atoms with E-state index < -0.39 is 35.5 Å². The summed E-state index contributed by atoms with van der Waals surface area (Å²) >= 11 is 0. The molecule has 10 nitrogen and oxygen atoms in total. The molecule has 6 aliphatic rings. The first-order valence-electron chi connectivity index (χ1n) is 20.7. The average Bonchev–Trinajstić information content (AvgIpc) is 3.87. The van der Waals surface area contributed by atoms with E-state index in [0.29, 0.717) is 37.3 Å². The van der Waals surface area contributed by atoms with Gasteiger partial charge in [-0.05, 0) is 162 Å². The van der Waals surface area contributed by atoms with Crippen molar-refractivity contribution >= 4 is 35.4 Å². The summed E-state index contributed by atoms with van der Waals surface area (Å²) in [5.74, 6) is -0.401. The van der Waals surface area contributed by atoms with Crippen LogP contribution in [-0.4, -0.2) is 70.2 Å². The first kappa shape index (κ1) is 40.6. The fourth-order valence-electron chi connectivity index (χ4n) is 8.16. The van der Waals surface area contributed by atoms with Crippen LogP contribution in [-0.2, 0) is 44.7 Å². The van der Waals surface area contributed by atoms with Crippen molar-refractivity contribution in [1.29, 1.82) is 0 Å². The Hall–Kier alpha value is -5.64. The van der Waals surface area contributed by atoms with Gasteiger partial charge < -0.3 is 20.1 Å². The first-order chi connectivity index (χ1) is 27.6. The van der Waals surface area contributed by atoms with Crippen molar-refractivity contribution in [3.05, 3.63) is 107 Å². The van der Waals surface area contributed by atoms with Gasteiger partial charge in [-0.3, -0.25) is 19.4 Å². The second-order valence-electron chi connectivity index (χ2n) is 17.8. The number of nitrogens with zero attached hydrogens (tertiary/aromatic N) is 2. The predicted octanol–water partition coefficient (Wildman–Crippen LogP) is 9.58. The number of nitrogens with one attached hydrogen (secondary N) is 2. The molecule has 2 atom stereocenters. The molecule has 4 bridgehead atoms. The summed E-state index contributed by atoms with van der Waals surface area (Å²) < 4.78 is 11.1. The topological polar surface area (TPSA) is 117 Å². The zero-order valence-electron chi connectivity index (χ0n) is 34.7. The molecule has 10 rings (SSSR count). The van der Waals surface area contributed by atoms with Gasteiger partial charge in [0.25, 0.3) is 0 Å². The monoisotopic (exact) mass is 784 g/mol. The Morgan fingerprint density at radius 2 is 0.914 bits per heavy atom. The smallest absolute Gasteiger partial charge is 0.410 e. The van der Waals surface area contributed by atoms with Crippen molar-refractivity contribution < 1.29 is 28.7 Å². The maximum absolute atomic E-state index is 13.3. The number of carbonyl (C=O) groups excluding carboxylic acids is 4. The van der Waals surface area contributed by atoms with Gasteiger partial charge in [-0.15, -0.1) is 0 Å². The molecule has 4 aliphatic carbocycles. The minimum atomic E-state index is -0.625. The standard InChI is InChI=1S/C48H56N4O6/c1-47(2,3)57-45(55)51-27-7-9-41(51)43(53)49-37-23-19-35(20-24-37)39-29-31-11-15-33(39)17-13-32-12-16-34(18-14-31)40(30-32)36-21-25-38(26-22-36)50-44(54)42-10-8-28-52(42)46(56)58-48(4,5)6/h11-12,15-16,19-26,29-30,41-42H,7-10,13-14,17-18,27-28H2,1-6H3,(H,49,53)(H,50,54)/t41-,42-/m0/s1. The minimum absolute atomic E-state index is 0.200. The Labute approximate surface area is 342 Å². The van der Waals surface area contributed by atoms with E-state index in [1.54, 1.807) is 0 Å². The first-order valence-corrected chi connectivity index (χ1v) is 20.7. The van der Waals surface area contributed by atoms with E-state index in [1.807, 2.05) is 65.8 Å². The fourth-order valence-corrected chi connectivity index (χ4v) is 8.16. The number of amides is 4. The molecule has 4 amide bonds. The van der Waals surface area contributed by atoms with Crippen molar-refractivity contribution in [2.24, 2.45) is 0 Å². The molecule has 0 saturated carbocycles. The Balaban J connectivity index is 1.01. The van der Waals surface area contributed by atoms with Crippen molar-refractivity contribution in [2.45, 2.75) is 116 Å². The fraction of sp³-hybridized carbons (Fsp3) is 0.417. The second-order valence-corrected chi connectivity index (χ2v) is 17.8. The molecular weight excluding hydrogens is 729 g/mol. The predicted molar refractivity (Wildman–Crippen MR) is 228 cm³/mol. The van der Waals surface area contributed by atoms with Gasteiger partial charge in [0.1, 0.15) is 23.3 Å². The number of likely N-dealkylation sites (tertiary alicyclic amines) is 2. The van der Waals surface area contributed by atoms with Gasteiger partial charge in [-0.25, -0.2) is 9.59 Å². The zero-order valence-corrected chi connectivity index (χ0v) is 34.7. The van der Waals surface area contributed by atoms with Crippen LogP contribution in [0.25, 0.3) is 22.3 Å². The van der Waals surface area contributed by atoms with Crippen LogP contribution >= 0.6 is 0 Å². The maximum atomic E-state index is 13.3. The summed E-state index contributed by atoms with van der Waals surface area (Å²) in [6.45, 7) is 12.0. The molecular formula is C48H56N4O6. The van der Waals surface area contributed by atoms with Gasteiger partial charge in [0.15, 0.2) is 0 Å². The molecule has 2 saturated heterocycles. The van der Waals surface area contributed by atoms with Crippen LogP contribution in [0.2, 0.25) is 0 Å². The van der Waals surface area contributed by atoms with Crippen LogP contribution < -0.4 is 10.6 Å².